The van der Waals surface area contributed by atoms with Gasteiger partial charge in [-0.15, -0.1) is 0 Å². The molecule has 0 amide bonds. The first-order chi connectivity index (χ1) is 6.95. The Hall–Kier alpha value is -1.23. The van der Waals surface area contributed by atoms with Crippen LogP contribution in [0.5, 0.6) is 0 Å². The molecule has 0 fully saturated rings. The summed E-state index contributed by atoms with van der Waals surface area (Å²) in [5.41, 5.74) is 5.02. The highest BCUT2D eigenvalue weighted by Crippen LogP contribution is 2.33. The van der Waals surface area contributed by atoms with Crippen molar-refractivity contribution in [2.24, 2.45) is 0 Å². The Bertz CT molecular complexity index is 334. The third kappa shape index (κ3) is 3.13. The number of rotatable bonds is 3. The van der Waals surface area contributed by atoms with E-state index >= 15 is 0 Å². The lowest BCUT2D eigenvalue weighted by atomic mass is 10.1. The maximum Gasteiger partial charge on any atom is 0.416 e. The molecule has 84 valence electrons. The van der Waals surface area contributed by atoms with Crippen LogP contribution in [0, 0.1) is 0 Å². The lowest BCUT2D eigenvalue weighted by Crippen LogP contribution is -2.17. The van der Waals surface area contributed by atoms with Crippen molar-refractivity contribution >= 4 is 5.69 Å². The second-order valence-corrected chi connectivity index (χ2v) is 3.19. The van der Waals surface area contributed by atoms with E-state index in [2.05, 4.69) is 5.32 Å². The number of nitrogens with one attached hydrogen (secondary N) is 1. The molecule has 0 aliphatic heterocycles. The van der Waals surface area contributed by atoms with Crippen LogP contribution in [0.2, 0.25) is 0 Å². The topological polar surface area (TPSA) is 38.0 Å². The molecule has 0 radical (unpaired) electrons. The van der Waals surface area contributed by atoms with Crippen molar-refractivity contribution in [2.45, 2.75) is 19.6 Å². The summed E-state index contributed by atoms with van der Waals surface area (Å²) < 4.78 is 37.7. The van der Waals surface area contributed by atoms with Crippen molar-refractivity contribution in [3.8, 4) is 0 Å². The van der Waals surface area contributed by atoms with Gasteiger partial charge in [0.05, 0.1) is 5.56 Å². The predicted octanol–water partition coefficient (Wildman–Crippen LogP) is 2.40. The van der Waals surface area contributed by atoms with Gasteiger partial charge in [0.2, 0.25) is 0 Å². The minimum absolute atomic E-state index is 0.127. The van der Waals surface area contributed by atoms with Crippen LogP contribution in [0.4, 0.5) is 18.9 Å². The third-order valence-electron chi connectivity index (χ3n) is 2.00. The number of anilines is 1. The standard InChI is InChI=1S/C10H13F3N2/c1-2-15-6-7-3-4-8(14)5-9(7)10(11,12)13/h3-5,15H,2,6,14H2,1H3. The third-order valence-corrected chi connectivity index (χ3v) is 2.00. The molecule has 1 aromatic carbocycles. The van der Waals surface area contributed by atoms with Gasteiger partial charge >= 0.3 is 6.18 Å². The van der Waals surface area contributed by atoms with Gasteiger partial charge in [0, 0.05) is 12.2 Å². The SMILES string of the molecule is CCNCc1ccc(N)cc1C(F)(F)F. The number of nitrogen functional groups attached to an aromatic ring is 1. The van der Waals surface area contributed by atoms with Gasteiger partial charge in [-0.25, -0.2) is 0 Å². The Morgan fingerprint density at radius 3 is 2.53 bits per heavy atom. The number of hydrogen-bond donors (Lipinski definition) is 2. The summed E-state index contributed by atoms with van der Waals surface area (Å²) in [5.74, 6) is 0. The molecule has 3 N–H and O–H groups in total. The zero-order chi connectivity index (χ0) is 11.5. The van der Waals surface area contributed by atoms with Gasteiger partial charge in [-0.2, -0.15) is 13.2 Å². The summed E-state index contributed by atoms with van der Waals surface area (Å²) in [6.45, 7) is 2.66. The van der Waals surface area contributed by atoms with Crippen LogP contribution in [0.1, 0.15) is 18.1 Å². The molecule has 0 aliphatic carbocycles. The van der Waals surface area contributed by atoms with Crippen molar-refractivity contribution in [2.75, 3.05) is 12.3 Å². The van der Waals surface area contributed by atoms with Crippen LogP contribution in [-0.4, -0.2) is 6.54 Å². The van der Waals surface area contributed by atoms with Crippen LogP contribution in [-0.2, 0) is 12.7 Å². The van der Waals surface area contributed by atoms with Crippen LogP contribution < -0.4 is 11.1 Å². The maximum absolute atomic E-state index is 12.6. The zero-order valence-corrected chi connectivity index (χ0v) is 8.36. The van der Waals surface area contributed by atoms with E-state index in [9.17, 15) is 13.2 Å². The van der Waals surface area contributed by atoms with E-state index in [-0.39, 0.29) is 17.8 Å². The Morgan fingerprint density at radius 2 is 2.00 bits per heavy atom. The lowest BCUT2D eigenvalue weighted by Gasteiger charge is -2.13. The molecular formula is C10H13F3N2. The molecule has 0 saturated carbocycles. The molecule has 15 heavy (non-hydrogen) atoms. The Balaban J connectivity index is 3.04. The number of halogens is 3. The fraction of sp³-hybridized carbons (Fsp3) is 0.400. The largest absolute Gasteiger partial charge is 0.416 e. The number of benzene rings is 1. The van der Waals surface area contributed by atoms with Gasteiger partial charge in [-0.05, 0) is 24.2 Å². The maximum atomic E-state index is 12.6. The highest BCUT2D eigenvalue weighted by atomic mass is 19.4. The Morgan fingerprint density at radius 1 is 1.33 bits per heavy atom. The summed E-state index contributed by atoms with van der Waals surface area (Å²) >= 11 is 0. The van der Waals surface area contributed by atoms with E-state index in [1.165, 1.54) is 12.1 Å². The fourth-order valence-corrected chi connectivity index (χ4v) is 1.27. The van der Waals surface area contributed by atoms with Crippen molar-refractivity contribution in [1.82, 2.24) is 5.32 Å². The van der Waals surface area contributed by atoms with Crippen molar-refractivity contribution in [3.63, 3.8) is 0 Å². The smallest absolute Gasteiger partial charge is 0.399 e. The minimum atomic E-state index is -4.35. The van der Waals surface area contributed by atoms with Gasteiger partial charge < -0.3 is 11.1 Å². The molecule has 0 saturated heterocycles. The predicted molar refractivity (Wildman–Crippen MR) is 53.2 cm³/mol. The summed E-state index contributed by atoms with van der Waals surface area (Å²) in [7, 11) is 0. The van der Waals surface area contributed by atoms with E-state index in [0.29, 0.717) is 6.54 Å². The van der Waals surface area contributed by atoms with Crippen molar-refractivity contribution in [3.05, 3.63) is 29.3 Å². The lowest BCUT2D eigenvalue weighted by molar-refractivity contribution is -0.138. The molecule has 1 rings (SSSR count). The molecule has 1 aromatic rings. The first-order valence-electron chi connectivity index (χ1n) is 4.61. The summed E-state index contributed by atoms with van der Waals surface area (Å²) in [6, 6.07) is 3.84. The molecule has 0 aromatic heterocycles. The first-order valence-corrected chi connectivity index (χ1v) is 4.61. The Kier molecular flexibility index (Phi) is 3.57. The average molecular weight is 218 g/mol. The van der Waals surface area contributed by atoms with E-state index in [0.717, 1.165) is 6.07 Å². The first kappa shape index (κ1) is 11.8. The van der Waals surface area contributed by atoms with Crippen molar-refractivity contribution < 1.29 is 13.2 Å². The molecule has 0 spiro atoms. The molecule has 0 aliphatic rings. The van der Waals surface area contributed by atoms with E-state index in [4.69, 9.17) is 5.73 Å². The van der Waals surface area contributed by atoms with Gasteiger partial charge in [-0.3, -0.25) is 0 Å². The molecule has 0 bridgehead atoms. The van der Waals surface area contributed by atoms with E-state index in [1.807, 2.05) is 6.92 Å². The van der Waals surface area contributed by atoms with Crippen LogP contribution in [0.15, 0.2) is 18.2 Å². The Labute approximate surface area is 86.3 Å². The van der Waals surface area contributed by atoms with E-state index < -0.39 is 11.7 Å². The van der Waals surface area contributed by atoms with Crippen molar-refractivity contribution in [1.29, 1.82) is 0 Å². The number of nitrogens with two attached hydrogens (primary N) is 1. The highest BCUT2D eigenvalue weighted by molar-refractivity contribution is 5.45. The van der Waals surface area contributed by atoms with Gasteiger partial charge in [0.1, 0.15) is 0 Å². The molecule has 0 atom stereocenters. The minimum Gasteiger partial charge on any atom is -0.399 e. The zero-order valence-electron chi connectivity index (χ0n) is 8.36. The normalized spacial score (nSPS) is 11.7. The molecule has 2 nitrogen and oxygen atoms in total. The highest BCUT2D eigenvalue weighted by Gasteiger charge is 2.33. The quantitative estimate of drug-likeness (QED) is 0.764. The molecule has 5 heteroatoms. The molecular weight excluding hydrogens is 205 g/mol. The number of alkyl halides is 3. The number of hydrogen-bond acceptors (Lipinski definition) is 2. The molecule has 0 unspecified atom stereocenters. The fourth-order valence-electron chi connectivity index (χ4n) is 1.27. The second-order valence-electron chi connectivity index (χ2n) is 3.19. The summed E-state index contributed by atoms with van der Waals surface area (Å²) in [5, 5.41) is 2.86. The summed E-state index contributed by atoms with van der Waals surface area (Å²) in [4.78, 5) is 0. The average Bonchev–Trinajstić information content (AvgIpc) is 2.14. The van der Waals surface area contributed by atoms with Gasteiger partial charge in [0.25, 0.3) is 0 Å². The van der Waals surface area contributed by atoms with Crippen LogP contribution >= 0.6 is 0 Å². The summed E-state index contributed by atoms with van der Waals surface area (Å²) in [6.07, 6.45) is -4.35. The molecule has 0 heterocycles. The van der Waals surface area contributed by atoms with Crippen LogP contribution in [0.3, 0.4) is 0 Å². The second kappa shape index (κ2) is 4.53. The van der Waals surface area contributed by atoms with Gasteiger partial charge in [-0.1, -0.05) is 13.0 Å². The van der Waals surface area contributed by atoms with Gasteiger partial charge in [0.15, 0.2) is 0 Å². The van der Waals surface area contributed by atoms with E-state index in [1.54, 1.807) is 0 Å². The van der Waals surface area contributed by atoms with Crippen LogP contribution in [0.25, 0.3) is 0 Å². The monoisotopic (exact) mass is 218 g/mol.